The highest BCUT2D eigenvalue weighted by atomic mass is 19.1. The topological polar surface area (TPSA) is 43.4 Å². The molecule has 0 unspecified atom stereocenters. The van der Waals surface area contributed by atoms with Crippen LogP contribution in [0.25, 0.3) is 0 Å². The van der Waals surface area contributed by atoms with Gasteiger partial charge in [-0.1, -0.05) is 12.1 Å². The number of nitrogens with zero attached hydrogens (tertiary/aromatic N) is 1. The van der Waals surface area contributed by atoms with Crippen molar-refractivity contribution in [1.82, 2.24) is 4.98 Å². The number of ether oxygens (including phenoxy) is 2. The molecule has 0 aliphatic rings. The molecule has 2 aromatic rings. The second-order valence-electron chi connectivity index (χ2n) is 4.31. The van der Waals surface area contributed by atoms with Crippen molar-refractivity contribution in [3.8, 4) is 11.5 Å². The second-order valence-corrected chi connectivity index (χ2v) is 4.31. The van der Waals surface area contributed by atoms with Crippen LogP contribution in [0.2, 0.25) is 0 Å². The fourth-order valence-electron chi connectivity index (χ4n) is 2.05. The summed E-state index contributed by atoms with van der Waals surface area (Å²) in [7, 11) is 3.11. The van der Waals surface area contributed by atoms with E-state index in [9.17, 15) is 8.78 Å². The van der Waals surface area contributed by atoms with E-state index in [1.54, 1.807) is 20.3 Å². The van der Waals surface area contributed by atoms with Gasteiger partial charge in [0, 0.05) is 6.54 Å². The molecule has 1 N–H and O–H groups in total. The largest absolute Gasteiger partial charge is 0.493 e. The number of hydrogen-bond acceptors (Lipinski definition) is 4. The van der Waals surface area contributed by atoms with E-state index >= 15 is 0 Å². The average molecular weight is 294 g/mol. The Morgan fingerprint density at radius 3 is 2.43 bits per heavy atom. The van der Waals surface area contributed by atoms with Crippen LogP contribution in [0.15, 0.2) is 30.6 Å². The molecule has 1 aromatic heterocycles. The molecule has 0 saturated heterocycles. The summed E-state index contributed by atoms with van der Waals surface area (Å²) >= 11 is 0. The number of pyridine rings is 1. The standard InChI is InChI=1S/C15H16F2N2O2/c1-20-13-5-3-4-10(15(13)21-2)6-7-19-14-11(16)8-18-9-12(14)17/h3-5,8-9H,6-7H2,1-2H3,(H,18,19). The molecule has 112 valence electrons. The van der Waals surface area contributed by atoms with Crippen molar-refractivity contribution in [3.63, 3.8) is 0 Å². The summed E-state index contributed by atoms with van der Waals surface area (Å²) in [6.07, 6.45) is 2.47. The summed E-state index contributed by atoms with van der Waals surface area (Å²) < 4.78 is 37.4. The number of nitrogens with one attached hydrogen (secondary N) is 1. The summed E-state index contributed by atoms with van der Waals surface area (Å²) in [5.41, 5.74) is 0.714. The van der Waals surface area contributed by atoms with Crippen molar-refractivity contribution in [2.24, 2.45) is 0 Å². The maximum Gasteiger partial charge on any atom is 0.167 e. The summed E-state index contributed by atoms with van der Waals surface area (Å²) in [5.74, 6) is -0.186. The molecule has 0 atom stereocenters. The number of methoxy groups -OCH3 is 2. The Kier molecular flexibility index (Phi) is 4.92. The fraction of sp³-hybridized carbons (Fsp3) is 0.267. The lowest BCUT2D eigenvalue weighted by Gasteiger charge is -2.13. The first-order valence-corrected chi connectivity index (χ1v) is 6.40. The number of anilines is 1. The van der Waals surface area contributed by atoms with Crippen LogP contribution in [0.3, 0.4) is 0 Å². The molecule has 0 radical (unpaired) electrons. The lowest BCUT2D eigenvalue weighted by atomic mass is 10.1. The van der Waals surface area contributed by atoms with Gasteiger partial charge in [-0.3, -0.25) is 4.98 Å². The van der Waals surface area contributed by atoms with Crippen LogP contribution in [0.1, 0.15) is 5.56 Å². The van der Waals surface area contributed by atoms with E-state index < -0.39 is 11.6 Å². The van der Waals surface area contributed by atoms with Crippen LogP contribution in [-0.2, 0) is 6.42 Å². The predicted octanol–water partition coefficient (Wildman–Crippen LogP) is 3.03. The maximum atomic E-state index is 13.4. The van der Waals surface area contributed by atoms with Crippen molar-refractivity contribution in [3.05, 3.63) is 47.8 Å². The number of rotatable bonds is 6. The number of aromatic nitrogens is 1. The number of hydrogen-bond donors (Lipinski definition) is 1. The molecule has 0 spiro atoms. The molecule has 2 rings (SSSR count). The van der Waals surface area contributed by atoms with Crippen molar-refractivity contribution in [2.45, 2.75) is 6.42 Å². The zero-order valence-corrected chi connectivity index (χ0v) is 11.8. The van der Waals surface area contributed by atoms with Gasteiger partial charge in [0.15, 0.2) is 23.1 Å². The summed E-state index contributed by atoms with van der Waals surface area (Å²) in [6, 6.07) is 5.50. The summed E-state index contributed by atoms with van der Waals surface area (Å²) in [6.45, 7) is 0.349. The first-order valence-electron chi connectivity index (χ1n) is 6.40. The Balaban J connectivity index is 2.07. The Hall–Kier alpha value is -2.37. The van der Waals surface area contributed by atoms with Crippen LogP contribution >= 0.6 is 0 Å². The van der Waals surface area contributed by atoms with Gasteiger partial charge in [0.1, 0.15) is 5.69 Å². The molecule has 1 heterocycles. The van der Waals surface area contributed by atoms with Gasteiger partial charge in [-0.25, -0.2) is 8.78 Å². The van der Waals surface area contributed by atoms with Crippen molar-refractivity contribution < 1.29 is 18.3 Å². The molecule has 0 amide bonds. The monoisotopic (exact) mass is 294 g/mol. The Morgan fingerprint density at radius 2 is 1.81 bits per heavy atom. The van der Waals surface area contributed by atoms with E-state index in [0.29, 0.717) is 24.5 Å². The Morgan fingerprint density at radius 1 is 1.10 bits per heavy atom. The molecule has 4 nitrogen and oxygen atoms in total. The fourth-order valence-corrected chi connectivity index (χ4v) is 2.05. The average Bonchev–Trinajstić information content (AvgIpc) is 2.49. The van der Waals surface area contributed by atoms with Gasteiger partial charge in [-0.05, 0) is 18.1 Å². The van der Waals surface area contributed by atoms with E-state index in [0.717, 1.165) is 18.0 Å². The highest BCUT2D eigenvalue weighted by Crippen LogP contribution is 2.31. The minimum absolute atomic E-state index is 0.174. The maximum absolute atomic E-state index is 13.4. The van der Waals surface area contributed by atoms with Crippen molar-refractivity contribution in [2.75, 3.05) is 26.1 Å². The minimum Gasteiger partial charge on any atom is -0.493 e. The van der Waals surface area contributed by atoms with E-state index in [2.05, 4.69) is 10.3 Å². The van der Waals surface area contributed by atoms with Gasteiger partial charge in [-0.15, -0.1) is 0 Å². The Bertz CT molecular complexity index is 600. The highest BCUT2D eigenvalue weighted by molar-refractivity contribution is 5.48. The molecule has 1 aromatic carbocycles. The zero-order chi connectivity index (χ0) is 15.2. The van der Waals surface area contributed by atoms with Gasteiger partial charge in [0.05, 0.1) is 26.6 Å². The van der Waals surface area contributed by atoms with Gasteiger partial charge < -0.3 is 14.8 Å². The van der Waals surface area contributed by atoms with E-state index in [-0.39, 0.29) is 5.69 Å². The van der Waals surface area contributed by atoms with Crippen LogP contribution in [0.4, 0.5) is 14.5 Å². The molecule has 0 aliphatic heterocycles. The van der Waals surface area contributed by atoms with Gasteiger partial charge in [0.2, 0.25) is 0 Å². The van der Waals surface area contributed by atoms with Crippen LogP contribution in [0.5, 0.6) is 11.5 Å². The molecule has 0 aliphatic carbocycles. The minimum atomic E-state index is -0.715. The third-order valence-corrected chi connectivity index (χ3v) is 3.03. The first kappa shape index (κ1) is 15.0. The quantitative estimate of drug-likeness (QED) is 0.889. The van der Waals surface area contributed by atoms with E-state index in [1.165, 1.54) is 0 Å². The molecular weight excluding hydrogens is 278 g/mol. The molecule has 6 heteroatoms. The van der Waals surface area contributed by atoms with Gasteiger partial charge in [0.25, 0.3) is 0 Å². The SMILES string of the molecule is COc1cccc(CCNc2c(F)cncc2F)c1OC. The van der Waals surface area contributed by atoms with Crippen molar-refractivity contribution in [1.29, 1.82) is 0 Å². The number of benzene rings is 1. The smallest absolute Gasteiger partial charge is 0.167 e. The lowest BCUT2D eigenvalue weighted by Crippen LogP contribution is -2.09. The third kappa shape index (κ3) is 3.39. The second kappa shape index (κ2) is 6.88. The van der Waals surface area contributed by atoms with Crippen molar-refractivity contribution >= 4 is 5.69 Å². The highest BCUT2D eigenvalue weighted by Gasteiger charge is 2.11. The lowest BCUT2D eigenvalue weighted by molar-refractivity contribution is 0.352. The molecule has 21 heavy (non-hydrogen) atoms. The van der Waals surface area contributed by atoms with E-state index in [4.69, 9.17) is 9.47 Å². The zero-order valence-electron chi connectivity index (χ0n) is 11.8. The van der Waals surface area contributed by atoms with Gasteiger partial charge >= 0.3 is 0 Å². The Labute approximate surface area is 121 Å². The predicted molar refractivity (Wildman–Crippen MR) is 75.9 cm³/mol. The van der Waals surface area contributed by atoms with Crippen LogP contribution in [-0.4, -0.2) is 25.7 Å². The molecular formula is C15H16F2N2O2. The third-order valence-electron chi connectivity index (χ3n) is 3.03. The number of para-hydroxylation sites is 1. The molecule has 0 bridgehead atoms. The normalized spacial score (nSPS) is 10.3. The van der Waals surface area contributed by atoms with Gasteiger partial charge in [-0.2, -0.15) is 0 Å². The summed E-state index contributed by atoms with van der Waals surface area (Å²) in [5, 5.41) is 2.73. The van der Waals surface area contributed by atoms with Crippen LogP contribution in [0, 0.1) is 11.6 Å². The number of halogens is 2. The van der Waals surface area contributed by atoms with E-state index in [1.807, 2.05) is 12.1 Å². The first-order chi connectivity index (χ1) is 10.2. The van der Waals surface area contributed by atoms with Crippen LogP contribution < -0.4 is 14.8 Å². The molecule has 0 saturated carbocycles. The summed E-state index contributed by atoms with van der Waals surface area (Å²) in [4.78, 5) is 3.43. The molecule has 0 fully saturated rings.